The van der Waals surface area contributed by atoms with E-state index in [1.807, 2.05) is 0 Å². The van der Waals surface area contributed by atoms with Gasteiger partial charge in [-0.15, -0.1) is 0 Å². The second-order valence-corrected chi connectivity index (χ2v) is 4.09. The van der Waals surface area contributed by atoms with Gasteiger partial charge in [-0.05, 0) is 12.1 Å². The summed E-state index contributed by atoms with van der Waals surface area (Å²) in [5.74, 6) is 0. The van der Waals surface area contributed by atoms with Crippen LogP contribution in [-0.2, 0) is 0 Å². The van der Waals surface area contributed by atoms with Crippen molar-refractivity contribution >= 4 is 22.3 Å². The minimum atomic E-state index is -0.251. The highest BCUT2D eigenvalue weighted by Crippen LogP contribution is 2.26. The Balaban J connectivity index is 2.53. The van der Waals surface area contributed by atoms with E-state index in [-0.39, 0.29) is 18.8 Å². The van der Waals surface area contributed by atoms with Gasteiger partial charge in [0.25, 0.3) is 5.56 Å². The standard InChI is InChI=1S/C12H16N4O3/c13-9-5-8-10(14-7-15-12(8)19)6-11(9)16(1-3-17)2-4-18/h5-7,17-18H,1-4,13H2,(H,14,15,19). The zero-order chi connectivity index (χ0) is 13.8. The third-order valence-electron chi connectivity index (χ3n) is 2.87. The van der Waals surface area contributed by atoms with Crippen LogP contribution in [0.25, 0.3) is 10.9 Å². The molecule has 2 aromatic rings. The van der Waals surface area contributed by atoms with E-state index in [9.17, 15) is 4.79 Å². The number of benzene rings is 1. The Morgan fingerprint density at radius 1 is 1.26 bits per heavy atom. The van der Waals surface area contributed by atoms with Crippen LogP contribution in [0.2, 0.25) is 0 Å². The maximum atomic E-state index is 11.6. The predicted octanol–water partition coefficient (Wildman–Crippen LogP) is -0.704. The average Bonchev–Trinajstić information content (AvgIpc) is 2.39. The lowest BCUT2D eigenvalue weighted by Crippen LogP contribution is -2.30. The molecule has 0 aliphatic carbocycles. The molecule has 19 heavy (non-hydrogen) atoms. The molecule has 0 aliphatic heterocycles. The zero-order valence-corrected chi connectivity index (χ0v) is 10.3. The molecule has 0 aliphatic rings. The van der Waals surface area contributed by atoms with E-state index in [0.717, 1.165) is 0 Å². The van der Waals surface area contributed by atoms with Crippen molar-refractivity contribution in [1.29, 1.82) is 0 Å². The summed E-state index contributed by atoms with van der Waals surface area (Å²) in [6.07, 6.45) is 1.33. The fraction of sp³-hybridized carbons (Fsp3) is 0.333. The summed E-state index contributed by atoms with van der Waals surface area (Å²) >= 11 is 0. The first-order valence-electron chi connectivity index (χ1n) is 5.91. The van der Waals surface area contributed by atoms with E-state index < -0.39 is 0 Å². The van der Waals surface area contributed by atoms with Crippen LogP contribution in [-0.4, -0.2) is 46.5 Å². The van der Waals surface area contributed by atoms with E-state index in [4.69, 9.17) is 15.9 Å². The summed E-state index contributed by atoms with van der Waals surface area (Å²) < 4.78 is 0. The molecule has 0 unspecified atom stereocenters. The van der Waals surface area contributed by atoms with E-state index in [1.54, 1.807) is 17.0 Å². The minimum absolute atomic E-state index is 0.0553. The summed E-state index contributed by atoms with van der Waals surface area (Å²) in [6, 6.07) is 3.24. The van der Waals surface area contributed by atoms with Gasteiger partial charge in [-0.3, -0.25) is 4.79 Å². The number of aromatic nitrogens is 2. The van der Waals surface area contributed by atoms with Gasteiger partial charge in [-0.25, -0.2) is 4.98 Å². The van der Waals surface area contributed by atoms with Crippen LogP contribution in [0, 0.1) is 0 Å². The van der Waals surface area contributed by atoms with Gasteiger partial charge in [0.1, 0.15) is 0 Å². The Hall–Kier alpha value is -2.12. The van der Waals surface area contributed by atoms with Crippen LogP contribution < -0.4 is 16.2 Å². The molecule has 0 amide bonds. The van der Waals surface area contributed by atoms with Crippen molar-refractivity contribution in [1.82, 2.24) is 9.97 Å². The van der Waals surface area contributed by atoms with Gasteiger partial charge < -0.3 is 25.8 Å². The molecule has 102 valence electrons. The molecule has 0 saturated heterocycles. The third kappa shape index (κ3) is 2.67. The van der Waals surface area contributed by atoms with Crippen LogP contribution in [0.15, 0.2) is 23.3 Å². The first-order valence-corrected chi connectivity index (χ1v) is 5.91. The molecule has 2 rings (SSSR count). The van der Waals surface area contributed by atoms with Crippen LogP contribution >= 0.6 is 0 Å². The maximum absolute atomic E-state index is 11.6. The van der Waals surface area contributed by atoms with Gasteiger partial charge in [0.15, 0.2) is 0 Å². The number of nitrogens with two attached hydrogens (primary N) is 1. The van der Waals surface area contributed by atoms with E-state index in [1.165, 1.54) is 6.33 Å². The molecule has 0 saturated carbocycles. The second-order valence-electron chi connectivity index (χ2n) is 4.09. The number of fused-ring (bicyclic) bond motifs is 1. The molecule has 0 radical (unpaired) electrons. The first kappa shape index (κ1) is 13.3. The van der Waals surface area contributed by atoms with Gasteiger partial charge in [-0.1, -0.05) is 0 Å². The van der Waals surface area contributed by atoms with Gasteiger partial charge in [0.05, 0.1) is 41.8 Å². The molecule has 5 N–H and O–H groups in total. The molecule has 0 fully saturated rings. The Morgan fingerprint density at radius 2 is 1.95 bits per heavy atom. The fourth-order valence-electron chi connectivity index (χ4n) is 1.99. The first-order chi connectivity index (χ1) is 9.17. The number of hydrogen-bond acceptors (Lipinski definition) is 6. The summed E-state index contributed by atoms with van der Waals surface area (Å²) in [5.41, 5.74) is 7.26. The SMILES string of the molecule is Nc1cc2c(=O)[nH]cnc2cc1N(CCO)CCO. The Morgan fingerprint density at radius 3 is 2.58 bits per heavy atom. The summed E-state index contributed by atoms with van der Waals surface area (Å²) in [4.78, 5) is 19.9. The number of aliphatic hydroxyl groups is 2. The lowest BCUT2D eigenvalue weighted by atomic mass is 10.1. The number of aromatic amines is 1. The van der Waals surface area contributed by atoms with E-state index in [0.29, 0.717) is 35.4 Å². The number of H-pyrrole nitrogens is 1. The smallest absolute Gasteiger partial charge is 0.258 e. The van der Waals surface area contributed by atoms with Crippen LogP contribution in [0.5, 0.6) is 0 Å². The largest absolute Gasteiger partial charge is 0.397 e. The molecule has 0 spiro atoms. The molecular weight excluding hydrogens is 248 g/mol. The van der Waals surface area contributed by atoms with Gasteiger partial charge in [-0.2, -0.15) is 0 Å². The summed E-state index contributed by atoms with van der Waals surface area (Å²) in [6.45, 7) is 0.583. The summed E-state index contributed by atoms with van der Waals surface area (Å²) in [7, 11) is 0. The number of anilines is 2. The minimum Gasteiger partial charge on any atom is -0.397 e. The second kappa shape index (κ2) is 5.68. The van der Waals surface area contributed by atoms with E-state index in [2.05, 4.69) is 9.97 Å². The number of nitrogens with zero attached hydrogens (tertiary/aromatic N) is 2. The van der Waals surface area contributed by atoms with Gasteiger partial charge in [0, 0.05) is 13.1 Å². The molecule has 0 atom stereocenters. The molecule has 1 aromatic heterocycles. The highest BCUT2D eigenvalue weighted by molar-refractivity contribution is 5.88. The lowest BCUT2D eigenvalue weighted by molar-refractivity contribution is 0.281. The molecule has 1 heterocycles. The van der Waals surface area contributed by atoms with Crippen molar-refractivity contribution < 1.29 is 10.2 Å². The van der Waals surface area contributed by atoms with Crippen molar-refractivity contribution in [3.63, 3.8) is 0 Å². The average molecular weight is 264 g/mol. The van der Waals surface area contributed by atoms with Crippen LogP contribution in [0.1, 0.15) is 0 Å². The van der Waals surface area contributed by atoms with Crippen molar-refractivity contribution in [3.05, 3.63) is 28.8 Å². The predicted molar refractivity (Wildman–Crippen MR) is 73.2 cm³/mol. The molecule has 7 nitrogen and oxygen atoms in total. The summed E-state index contributed by atoms with van der Waals surface area (Å²) in [5, 5.41) is 18.5. The normalized spacial score (nSPS) is 10.8. The van der Waals surface area contributed by atoms with Crippen molar-refractivity contribution in [2.45, 2.75) is 0 Å². The quantitative estimate of drug-likeness (QED) is 0.531. The zero-order valence-electron chi connectivity index (χ0n) is 10.3. The topological polar surface area (TPSA) is 115 Å². The molecular formula is C12H16N4O3. The van der Waals surface area contributed by atoms with Gasteiger partial charge >= 0.3 is 0 Å². The fourth-order valence-corrected chi connectivity index (χ4v) is 1.99. The van der Waals surface area contributed by atoms with Crippen molar-refractivity contribution in [3.8, 4) is 0 Å². The van der Waals surface area contributed by atoms with Crippen molar-refractivity contribution in [2.75, 3.05) is 36.9 Å². The number of aliphatic hydroxyl groups excluding tert-OH is 2. The number of hydrogen-bond donors (Lipinski definition) is 4. The monoisotopic (exact) mass is 264 g/mol. The van der Waals surface area contributed by atoms with E-state index >= 15 is 0 Å². The van der Waals surface area contributed by atoms with Crippen LogP contribution in [0.3, 0.4) is 0 Å². The number of nitrogen functional groups attached to an aromatic ring is 1. The van der Waals surface area contributed by atoms with Crippen LogP contribution in [0.4, 0.5) is 11.4 Å². The maximum Gasteiger partial charge on any atom is 0.258 e. The third-order valence-corrected chi connectivity index (χ3v) is 2.87. The Labute approximate surface area is 109 Å². The number of rotatable bonds is 5. The highest BCUT2D eigenvalue weighted by atomic mass is 16.3. The molecule has 7 heteroatoms. The number of nitrogens with one attached hydrogen (secondary N) is 1. The highest BCUT2D eigenvalue weighted by Gasteiger charge is 2.12. The molecule has 1 aromatic carbocycles. The lowest BCUT2D eigenvalue weighted by Gasteiger charge is -2.24. The Bertz CT molecular complexity index is 620. The van der Waals surface area contributed by atoms with Gasteiger partial charge in [0.2, 0.25) is 0 Å². The Kier molecular flexibility index (Phi) is 3.98. The van der Waals surface area contributed by atoms with Crippen molar-refractivity contribution in [2.24, 2.45) is 0 Å². The molecule has 0 bridgehead atoms.